The number of likely N-dealkylation sites (tertiary alicyclic amines) is 1. The van der Waals surface area contributed by atoms with Crippen LogP contribution in [0.1, 0.15) is 53.7 Å². The molecule has 1 atom stereocenters. The third-order valence-corrected chi connectivity index (χ3v) is 7.07. The van der Waals surface area contributed by atoms with Crippen LogP contribution in [0.25, 0.3) is 0 Å². The number of rotatable bonds is 5. The van der Waals surface area contributed by atoms with Gasteiger partial charge in [0.25, 0.3) is 0 Å². The minimum Gasteiger partial charge on any atom is -0.342 e. The number of fused-ring (bicyclic) bond motifs is 1. The maximum atomic E-state index is 12.6. The number of aromatic nitrogens is 1. The molecule has 1 aromatic heterocycles. The average Bonchev–Trinajstić information content (AvgIpc) is 3.01. The Balaban J connectivity index is 1.49. The van der Waals surface area contributed by atoms with Gasteiger partial charge in [0, 0.05) is 20.1 Å². The van der Waals surface area contributed by atoms with E-state index in [0.717, 1.165) is 50.2 Å². The molecule has 1 fully saturated rings. The van der Waals surface area contributed by atoms with Crippen LogP contribution in [-0.4, -0.2) is 58.2 Å². The minimum absolute atomic E-state index is 0.111. The van der Waals surface area contributed by atoms with Crippen LogP contribution < -0.4 is 0 Å². The molecular formula is C18H27N3O2S2. The molecule has 1 aliphatic heterocycles. The number of nitrogens with zero attached hydrogens (tertiary/aromatic N) is 3. The Labute approximate surface area is 158 Å². The fraction of sp³-hybridized carbons (Fsp3) is 0.722. The fourth-order valence-corrected chi connectivity index (χ4v) is 5.61. The van der Waals surface area contributed by atoms with E-state index in [4.69, 9.17) is 0 Å². The van der Waals surface area contributed by atoms with Crippen LogP contribution >= 0.6 is 23.1 Å². The lowest BCUT2D eigenvalue weighted by molar-refractivity contribution is -0.129. The highest BCUT2D eigenvalue weighted by Gasteiger charge is 2.29. The third kappa shape index (κ3) is 4.56. The molecule has 1 aromatic rings. The molecule has 0 N–H and O–H groups in total. The zero-order chi connectivity index (χ0) is 17.8. The van der Waals surface area contributed by atoms with Gasteiger partial charge in [0.05, 0.1) is 33.1 Å². The van der Waals surface area contributed by atoms with Crippen molar-refractivity contribution >= 4 is 34.9 Å². The van der Waals surface area contributed by atoms with Crippen molar-refractivity contribution in [3.05, 3.63) is 15.6 Å². The van der Waals surface area contributed by atoms with E-state index in [-0.39, 0.29) is 17.9 Å². The monoisotopic (exact) mass is 381 g/mol. The van der Waals surface area contributed by atoms with Gasteiger partial charge in [0.15, 0.2) is 0 Å². The van der Waals surface area contributed by atoms with Gasteiger partial charge in [-0.05, 0) is 45.4 Å². The van der Waals surface area contributed by atoms with Gasteiger partial charge < -0.3 is 9.80 Å². The molecule has 2 heterocycles. The normalized spacial score (nSPS) is 20.2. The van der Waals surface area contributed by atoms with Gasteiger partial charge in [-0.25, -0.2) is 4.98 Å². The molecule has 0 radical (unpaired) electrons. The van der Waals surface area contributed by atoms with Crippen molar-refractivity contribution in [2.45, 2.75) is 51.5 Å². The second-order valence-corrected chi connectivity index (χ2v) is 9.11. The van der Waals surface area contributed by atoms with Crippen molar-refractivity contribution in [2.75, 3.05) is 31.6 Å². The quantitative estimate of drug-likeness (QED) is 0.787. The summed E-state index contributed by atoms with van der Waals surface area (Å²) >= 11 is 3.17. The summed E-state index contributed by atoms with van der Waals surface area (Å²) in [6.45, 7) is 3.79. The van der Waals surface area contributed by atoms with Gasteiger partial charge in [-0.3, -0.25) is 9.59 Å². The first-order valence-corrected chi connectivity index (χ1v) is 11.1. The van der Waals surface area contributed by atoms with Gasteiger partial charge in [-0.15, -0.1) is 23.1 Å². The molecule has 1 unspecified atom stereocenters. The smallest absolute Gasteiger partial charge is 0.232 e. The Morgan fingerprint density at radius 3 is 2.76 bits per heavy atom. The molecule has 0 bridgehead atoms. The van der Waals surface area contributed by atoms with E-state index in [0.29, 0.717) is 11.5 Å². The highest BCUT2D eigenvalue weighted by atomic mass is 32.2. The third-order valence-electron chi connectivity index (χ3n) is 5.05. The van der Waals surface area contributed by atoms with E-state index in [1.165, 1.54) is 28.8 Å². The van der Waals surface area contributed by atoms with Crippen molar-refractivity contribution in [1.29, 1.82) is 0 Å². The van der Waals surface area contributed by atoms with Crippen LogP contribution in [0.5, 0.6) is 0 Å². The van der Waals surface area contributed by atoms with E-state index >= 15 is 0 Å². The summed E-state index contributed by atoms with van der Waals surface area (Å²) in [7, 11) is 1.89. The molecule has 2 amide bonds. The predicted octanol–water partition coefficient (Wildman–Crippen LogP) is 3.03. The highest BCUT2D eigenvalue weighted by molar-refractivity contribution is 8.00. The number of hydrogen-bond donors (Lipinski definition) is 0. The maximum Gasteiger partial charge on any atom is 0.232 e. The summed E-state index contributed by atoms with van der Waals surface area (Å²) < 4.78 is 0. The van der Waals surface area contributed by atoms with Gasteiger partial charge in [-0.1, -0.05) is 0 Å². The molecule has 7 heteroatoms. The standard InChI is InChI=1S/C18H27N3O2S2/c1-13-19-14-7-6-8-15(18(14)25-13)20(2)16(22)11-24-12-17(23)21-9-4-3-5-10-21/h15H,3-12H2,1-2H3. The van der Waals surface area contributed by atoms with Crippen LogP contribution in [-0.2, 0) is 16.0 Å². The molecule has 1 aliphatic carbocycles. The fourth-order valence-electron chi connectivity index (χ4n) is 3.62. The Hall–Kier alpha value is -1.08. The second kappa shape index (κ2) is 8.54. The summed E-state index contributed by atoms with van der Waals surface area (Å²) in [4.78, 5) is 34.4. The SMILES string of the molecule is Cc1nc2c(s1)C(N(C)C(=O)CSCC(=O)N1CCCCC1)CCC2. The maximum absolute atomic E-state index is 12.6. The highest BCUT2D eigenvalue weighted by Crippen LogP contribution is 2.37. The number of carbonyl (C=O) groups excluding carboxylic acids is 2. The zero-order valence-corrected chi connectivity index (χ0v) is 16.8. The minimum atomic E-state index is 0.111. The number of amides is 2. The van der Waals surface area contributed by atoms with Crippen molar-refractivity contribution in [3.63, 3.8) is 0 Å². The first-order valence-electron chi connectivity index (χ1n) is 9.13. The van der Waals surface area contributed by atoms with Gasteiger partial charge >= 0.3 is 0 Å². The molecule has 0 aromatic carbocycles. The number of piperidine rings is 1. The van der Waals surface area contributed by atoms with Crippen molar-refractivity contribution < 1.29 is 9.59 Å². The molecule has 3 rings (SSSR count). The lowest BCUT2D eigenvalue weighted by Crippen LogP contribution is -2.37. The average molecular weight is 382 g/mol. The molecule has 0 spiro atoms. The predicted molar refractivity (Wildman–Crippen MR) is 103 cm³/mol. The van der Waals surface area contributed by atoms with Gasteiger partial charge in [-0.2, -0.15) is 0 Å². The van der Waals surface area contributed by atoms with Crippen LogP contribution in [0.2, 0.25) is 0 Å². The van der Waals surface area contributed by atoms with E-state index in [1.807, 2.05) is 23.8 Å². The Kier molecular flexibility index (Phi) is 6.39. The van der Waals surface area contributed by atoms with Crippen molar-refractivity contribution in [3.8, 4) is 0 Å². The van der Waals surface area contributed by atoms with Crippen LogP contribution in [0, 0.1) is 6.92 Å². The van der Waals surface area contributed by atoms with E-state index in [1.54, 1.807) is 11.3 Å². The van der Waals surface area contributed by atoms with E-state index < -0.39 is 0 Å². The van der Waals surface area contributed by atoms with Crippen molar-refractivity contribution in [1.82, 2.24) is 14.8 Å². The molecule has 0 saturated carbocycles. The molecular weight excluding hydrogens is 354 g/mol. The summed E-state index contributed by atoms with van der Waals surface area (Å²) in [6, 6.07) is 0.154. The summed E-state index contributed by atoms with van der Waals surface area (Å²) in [6.07, 6.45) is 6.55. The van der Waals surface area contributed by atoms with Gasteiger partial charge in [0.2, 0.25) is 11.8 Å². The van der Waals surface area contributed by atoms with Crippen LogP contribution in [0.3, 0.4) is 0 Å². The zero-order valence-electron chi connectivity index (χ0n) is 15.1. The number of thiazole rings is 1. The topological polar surface area (TPSA) is 53.5 Å². The molecule has 2 aliphatic rings. The van der Waals surface area contributed by atoms with E-state index in [2.05, 4.69) is 4.98 Å². The first-order chi connectivity index (χ1) is 12.1. The Morgan fingerprint density at radius 1 is 1.24 bits per heavy atom. The first kappa shape index (κ1) is 18.7. The molecule has 25 heavy (non-hydrogen) atoms. The molecule has 138 valence electrons. The second-order valence-electron chi connectivity index (χ2n) is 6.89. The Morgan fingerprint density at radius 2 is 2.00 bits per heavy atom. The summed E-state index contributed by atoms with van der Waals surface area (Å²) in [5.41, 5.74) is 1.17. The Bertz CT molecular complexity index is 626. The van der Waals surface area contributed by atoms with Crippen molar-refractivity contribution in [2.24, 2.45) is 0 Å². The number of aryl methyl sites for hydroxylation is 2. The largest absolute Gasteiger partial charge is 0.342 e. The summed E-state index contributed by atoms with van der Waals surface area (Å²) in [5, 5.41) is 1.08. The molecule has 1 saturated heterocycles. The lowest BCUT2D eigenvalue weighted by atomic mass is 9.97. The number of hydrogen-bond acceptors (Lipinski definition) is 5. The van der Waals surface area contributed by atoms with E-state index in [9.17, 15) is 9.59 Å². The number of thioether (sulfide) groups is 1. The van der Waals surface area contributed by atoms with Gasteiger partial charge in [0.1, 0.15) is 0 Å². The lowest BCUT2D eigenvalue weighted by Gasteiger charge is -2.31. The molecule has 5 nitrogen and oxygen atoms in total. The van der Waals surface area contributed by atoms with Crippen LogP contribution in [0.15, 0.2) is 0 Å². The summed E-state index contributed by atoms with van der Waals surface area (Å²) in [5.74, 6) is 1.08. The number of carbonyl (C=O) groups is 2. The van der Waals surface area contributed by atoms with Crippen LogP contribution in [0.4, 0.5) is 0 Å².